The Morgan fingerprint density at radius 2 is 1.90 bits per heavy atom. The number of aromatic carboxylic acids is 1. The van der Waals surface area contributed by atoms with E-state index in [-0.39, 0.29) is 23.6 Å². The molecule has 0 aromatic heterocycles. The van der Waals surface area contributed by atoms with Gasteiger partial charge in [-0.15, -0.1) is 0 Å². The molecule has 0 radical (unpaired) electrons. The molecule has 6 heteroatoms. The maximum Gasteiger partial charge on any atom is 0.337 e. The summed E-state index contributed by atoms with van der Waals surface area (Å²) in [7, 11) is 0. The van der Waals surface area contributed by atoms with Crippen molar-refractivity contribution >= 4 is 17.7 Å². The van der Waals surface area contributed by atoms with Crippen LogP contribution in [0.25, 0.3) is 0 Å². The predicted octanol–water partition coefficient (Wildman–Crippen LogP) is 2.01. The number of amides is 2. The number of rotatable bonds is 3. The number of nitrogens with zero attached hydrogens (tertiary/aromatic N) is 1. The third kappa shape index (κ3) is 3.72. The first-order chi connectivity index (χ1) is 9.99. The zero-order valence-corrected chi connectivity index (χ0v) is 12.0. The summed E-state index contributed by atoms with van der Waals surface area (Å²) in [5, 5.41) is 21.3. The quantitative estimate of drug-likeness (QED) is 0.795. The minimum Gasteiger partial charge on any atom is -0.478 e. The van der Waals surface area contributed by atoms with Crippen LogP contribution in [0.4, 0.5) is 10.5 Å². The first-order valence-corrected chi connectivity index (χ1v) is 7.05. The number of aliphatic hydroxyl groups is 1. The van der Waals surface area contributed by atoms with Crippen LogP contribution in [0.3, 0.4) is 0 Å². The number of likely N-dealkylation sites (tertiary alicyclic amines) is 1. The van der Waals surface area contributed by atoms with Crippen molar-refractivity contribution in [2.24, 2.45) is 5.92 Å². The Labute approximate surface area is 123 Å². The van der Waals surface area contributed by atoms with E-state index in [0.29, 0.717) is 18.8 Å². The third-order valence-electron chi connectivity index (χ3n) is 3.91. The molecule has 0 spiro atoms. The van der Waals surface area contributed by atoms with Crippen molar-refractivity contribution in [3.63, 3.8) is 0 Å². The summed E-state index contributed by atoms with van der Waals surface area (Å²) in [6.07, 6.45) is 1.15. The Balaban J connectivity index is 1.98. The molecule has 0 bridgehead atoms. The molecule has 6 nitrogen and oxygen atoms in total. The molecule has 3 N–H and O–H groups in total. The SMILES string of the molecule is CC(O)C1CCN(C(=O)Nc2ccccc2C(=O)O)CC1. The maximum atomic E-state index is 12.2. The molecule has 0 saturated carbocycles. The summed E-state index contributed by atoms with van der Waals surface area (Å²) < 4.78 is 0. The fourth-order valence-electron chi connectivity index (χ4n) is 2.56. The van der Waals surface area contributed by atoms with Gasteiger partial charge in [-0.2, -0.15) is 0 Å². The summed E-state index contributed by atoms with van der Waals surface area (Å²) in [5.41, 5.74) is 0.373. The largest absolute Gasteiger partial charge is 0.478 e. The van der Waals surface area contributed by atoms with Crippen LogP contribution in [-0.2, 0) is 0 Å². The summed E-state index contributed by atoms with van der Waals surface area (Å²) in [5.74, 6) is -0.848. The van der Waals surface area contributed by atoms with Gasteiger partial charge in [-0.1, -0.05) is 12.1 Å². The van der Waals surface area contributed by atoms with Crippen LogP contribution in [0.15, 0.2) is 24.3 Å². The smallest absolute Gasteiger partial charge is 0.337 e. The topological polar surface area (TPSA) is 89.9 Å². The molecule has 1 aromatic carbocycles. The number of aliphatic hydroxyl groups excluding tert-OH is 1. The second kappa shape index (κ2) is 6.58. The van der Waals surface area contributed by atoms with Gasteiger partial charge in [-0.3, -0.25) is 0 Å². The van der Waals surface area contributed by atoms with E-state index in [4.69, 9.17) is 5.11 Å². The molecule has 1 aliphatic rings. The number of nitrogens with one attached hydrogen (secondary N) is 1. The van der Waals surface area contributed by atoms with E-state index in [1.165, 1.54) is 6.07 Å². The number of carbonyl (C=O) groups is 2. The van der Waals surface area contributed by atoms with Gasteiger partial charge >= 0.3 is 12.0 Å². The molecule has 114 valence electrons. The highest BCUT2D eigenvalue weighted by Crippen LogP contribution is 2.22. The van der Waals surface area contributed by atoms with Crippen molar-refractivity contribution in [2.45, 2.75) is 25.9 Å². The lowest BCUT2D eigenvalue weighted by Crippen LogP contribution is -2.43. The Morgan fingerprint density at radius 3 is 2.48 bits per heavy atom. The van der Waals surface area contributed by atoms with Crippen molar-refractivity contribution in [3.8, 4) is 0 Å². The molecule has 1 saturated heterocycles. The minimum absolute atomic E-state index is 0.0738. The molecular weight excluding hydrogens is 272 g/mol. The second-order valence-electron chi connectivity index (χ2n) is 5.35. The van der Waals surface area contributed by atoms with E-state index < -0.39 is 5.97 Å². The van der Waals surface area contributed by atoms with Crippen LogP contribution < -0.4 is 5.32 Å². The molecule has 1 aliphatic heterocycles. The van der Waals surface area contributed by atoms with Gasteiger partial charge in [-0.25, -0.2) is 9.59 Å². The van der Waals surface area contributed by atoms with Crippen LogP contribution in [0.5, 0.6) is 0 Å². The van der Waals surface area contributed by atoms with Crippen LogP contribution in [-0.4, -0.2) is 46.3 Å². The second-order valence-corrected chi connectivity index (χ2v) is 5.35. The van der Waals surface area contributed by atoms with Crippen molar-refractivity contribution in [1.82, 2.24) is 4.90 Å². The van der Waals surface area contributed by atoms with Crippen molar-refractivity contribution in [3.05, 3.63) is 29.8 Å². The zero-order valence-electron chi connectivity index (χ0n) is 12.0. The summed E-state index contributed by atoms with van der Waals surface area (Å²) >= 11 is 0. The van der Waals surface area contributed by atoms with Crippen LogP contribution in [0, 0.1) is 5.92 Å². The number of urea groups is 1. The monoisotopic (exact) mass is 292 g/mol. The number of carboxylic acid groups (broad SMARTS) is 1. The van der Waals surface area contributed by atoms with E-state index in [0.717, 1.165) is 12.8 Å². The van der Waals surface area contributed by atoms with Crippen molar-refractivity contribution in [2.75, 3.05) is 18.4 Å². The first kappa shape index (κ1) is 15.3. The molecule has 2 rings (SSSR count). The number of para-hydroxylation sites is 1. The van der Waals surface area contributed by atoms with Gasteiger partial charge < -0.3 is 20.4 Å². The van der Waals surface area contributed by atoms with Gasteiger partial charge in [0.1, 0.15) is 0 Å². The van der Waals surface area contributed by atoms with Crippen molar-refractivity contribution < 1.29 is 19.8 Å². The lowest BCUT2D eigenvalue weighted by molar-refractivity contribution is 0.0697. The number of benzene rings is 1. The van der Waals surface area contributed by atoms with Crippen LogP contribution in [0.2, 0.25) is 0 Å². The van der Waals surface area contributed by atoms with E-state index in [2.05, 4.69) is 5.32 Å². The van der Waals surface area contributed by atoms with Crippen LogP contribution in [0.1, 0.15) is 30.1 Å². The Bertz CT molecular complexity index is 522. The number of piperidine rings is 1. The summed E-state index contributed by atoms with van der Waals surface area (Å²) in [6, 6.07) is 6.03. The highest BCUT2D eigenvalue weighted by Gasteiger charge is 2.25. The highest BCUT2D eigenvalue weighted by atomic mass is 16.4. The average molecular weight is 292 g/mol. The number of hydrogen-bond acceptors (Lipinski definition) is 3. The molecule has 0 aliphatic carbocycles. The number of carbonyl (C=O) groups excluding carboxylic acids is 1. The van der Waals surface area contributed by atoms with Crippen molar-refractivity contribution in [1.29, 1.82) is 0 Å². The Morgan fingerprint density at radius 1 is 1.29 bits per heavy atom. The van der Waals surface area contributed by atoms with Crippen LogP contribution >= 0.6 is 0 Å². The average Bonchev–Trinajstić information content (AvgIpc) is 2.47. The predicted molar refractivity (Wildman–Crippen MR) is 78.4 cm³/mol. The van der Waals surface area contributed by atoms with Gasteiger partial charge in [0.2, 0.25) is 0 Å². The van der Waals surface area contributed by atoms with Gasteiger partial charge in [0, 0.05) is 13.1 Å². The highest BCUT2D eigenvalue weighted by molar-refractivity contribution is 5.99. The molecule has 1 heterocycles. The maximum absolute atomic E-state index is 12.2. The minimum atomic E-state index is -1.07. The number of carboxylic acids is 1. The number of anilines is 1. The van der Waals surface area contributed by atoms with Gasteiger partial charge in [0.25, 0.3) is 0 Å². The third-order valence-corrected chi connectivity index (χ3v) is 3.91. The number of hydrogen-bond donors (Lipinski definition) is 3. The van der Waals surface area contributed by atoms with Gasteiger partial charge in [-0.05, 0) is 37.8 Å². The molecular formula is C15H20N2O4. The first-order valence-electron chi connectivity index (χ1n) is 7.05. The van der Waals surface area contributed by atoms with E-state index in [1.54, 1.807) is 30.0 Å². The summed E-state index contributed by atoms with van der Waals surface area (Å²) in [6.45, 7) is 2.90. The lowest BCUT2D eigenvalue weighted by Gasteiger charge is -2.33. The summed E-state index contributed by atoms with van der Waals surface area (Å²) in [4.78, 5) is 24.9. The molecule has 1 fully saturated rings. The molecule has 2 amide bonds. The lowest BCUT2D eigenvalue weighted by atomic mass is 9.92. The Kier molecular flexibility index (Phi) is 4.80. The Hall–Kier alpha value is -2.08. The van der Waals surface area contributed by atoms with E-state index in [9.17, 15) is 14.7 Å². The molecule has 1 atom stereocenters. The van der Waals surface area contributed by atoms with Gasteiger partial charge in [0.15, 0.2) is 0 Å². The van der Waals surface area contributed by atoms with Gasteiger partial charge in [0.05, 0.1) is 17.4 Å². The normalized spacial score (nSPS) is 17.3. The standard InChI is InChI=1S/C15H20N2O4/c1-10(18)11-6-8-17(9-7-11)15(21)16-13-5-3-2-4-12(13)14(19)20/h2-5,10-11,18H,6-9H2,1H3,(H,16,21)(H,19,20). The molecule has 1 unspecified atom stereocenters. The molecule has 21 heavy (non-hydrogen) atoms. The molecule has 1 aromatic rings. The van der Waals surface area contributed by atoms with E-state index >= 15 is 0 Å². The van der Waals surface area contributed by atoms with E-state index in [1.807, 2.05) is 0 Å². The zero-order chi connectivity index (χ0) is 15.4. The fourth-order valence-corrected chi connectivity index (χ4v) is 2.56. The fraction of sp³-hybridized carbons (Fsp3) is 0.467.